The van der Waals surface area contributed by atoms with Crippen molar-refractivity contribution in [1.82, 2.24) is 4.57 Å². The van der Waals surface area contributed by atoms with E-state index in [4.69, 9.17) is 10.5 Å². The highest BCUT2D eigenvalue weighted by Gasteiger charge is 2.33. The molecule has 1 saturated heterocycles. The number of aromatic nitrogens is 1. The molecule has 120 valence electrons. The van der Waals surface area contributed by atoms with Gasteiger partial charge in [0.15, 0.2) is 5.78 Å². The van der Waals surface area contributed by atoms with Crippen LogP contribution in [-0.2, 0) is 4.74 Å². The number of nitrogens with zero attached hydrogens (tertiary/aromatic N) is 1. The molecule has 3 heterocycles. The van der Waals surface area contributed by atoms with Gasteiger partial charge in [-0.05, 0) is 24.8 Å². The molecule has 0 aromatic carbocycles. The standard InChI is InChI=1S/C14H19N3O4S/c1-2-7-5-9(19)11-13(16-12(7)15)17(14(20)22-11)10-4-3-8(6-18)21-10/h8,10,16,18H,2-6,15H2,1H3/t8-,10?/m0/s1. The zero-order chi connectivity index (χ0) is 15.9. The van der Waals surface area contributed by atoms with Crippen LogP contribution in [0, 0.1) is 0 Å². The Hall–Kier alpha value is -1.64. The van der Waals surface area contributed by atoms with Crippen LogP contribution in [0.5, 0.6) is 0 Å². The van der Waals surface area contributed by atoms with Gasteiger partial charge in [0, 0.05) is 6.42 Å². The SMILES string of the molecule is CCC1=C(N)Nc2c(sc(=O)n2C2CC[C@@H](CO)O2)C(=O)C1. The number of carbonyl (C=O) groups excluding carboxylic acids is 1. The number of nitrogens with one attached hydrogen (secondary N) is 1. The van der Waals surface area contributed by atoms with Gasteiger partial charge < -0.3 is 20.9 Å². The fourth-order valence-electron chi connectivity index (χ4n) is 2.86. The summed E-state index contributed by atoms with van der Waals surface area (Å²) in [4.78, 5) is 24.8. The summed E-state index contributed by atoms with van der Waals surface area (Å²) >= 11 is 0.919. The van der Waals surface area contributed by atoms with E-state index in [-0.39, 0.29) is 29.8 Å². The average Bonchev–Trinajstić information content (AvgIpc) is 3.05. The molecular formula is C14H19N3O4S. The zero-order valence-electron chi connectivity index (χ0n) is 12.3. The molecule has 0 aliphatic carbocycles. The summed E-state index contributed by atoms with van der Waals surface area (Å²) in [5.74, 6) is 0.750. The summed E-state index contributed by atoms with van der Waals surface area (Å²) in [5.41, 5.74) is 6.86. The second kappa shape index (κ2) is 5.86. The molecule has 1 fully saturated rings. The number of ether oxygens (including phenoxy) is 1. The number of hydrogen-bond acceptors (Lipinski definition) is 7. The molecule has 1 unspecified atom stereocenters. The third-order valence-electron chi connectivity index (χ3n) is 4.11. The molecule has 7 nitrogen and oxygen atoms in total. The Balaban J connectivity index is 2.03. The second-order valence-corrected chi connectivity index (χ2v) is 6.45. The van der Waals surface area contributed by atoms with E-state index >= 15 is 0 Å². The summed E-state index contributed by atoms with van der Waals surface area (Å²) in [6, 6.07) is 0. The van der Waals surface area contributed by atoms with Crippen LogP contribution in [0.2, 0.25) is 0 Å². The number of hydrogen-bond donors (Lipinski definition) is 3. The fourth-order valence-corrected chi connectivity index (χ4v) is 3.78. The molecular weight excluding hydrogens is 306 g/mol. The number of Topliss-reactive ketones (excluding diaryl/α,β-unsaturated/α-hetero) is 1. The quantitative estimate of drug-likeness (QED) is 0.770. The van der Waals surface area contributed by atoms with E-state index in [2.05, 4.69) is 5.32 Å². The van der Waals surface area contributed by atoms with Crippen molar-refractivity contribution >= 4 is 22.9 Å². The number of aliphatic hydroxyl groups excluding tert-OH is 1. The van der Waals surface area contributed by atoms with Gasteiger partial charge in [-0.1, -0.05) is 18.3 Å². The molecule has 2 atom stereocenters. The Morgan fingerprint density at radius 3 is 2.86 bits per heavy atom. The van der Waals surface area contributed by atoms with Crippen LogP contribution in [0.15, 0.2) is 16.2 Å². The van der Waals surface area contributed by atoms with Crippen molar-refractivity contribution in [3.63, 3.8) is 0 Å². The van der Waals surface area contributed by atoms with Crippen molar-refractivity contribution in [3.8, 4) is 0 Å². The molecule has 1 aromatic heterocycles. The van der Waals surface area contributed by atoms with E-state index in [9.17, 15) is 14.7 Å². The second-order valence-electron chi connectivity index (χ2n) is 5.48. The normalized spacial score (nSPS) is 25.1. The first-order valence-electron chi connectivity index (χ1n) is 7.34. The Bertz CT molecular complexity index is 691. The first-order chi connectivity index (χ1) is 10.5. The third-order valence-corrected chi connectivity index (χ3v) is 5.10. The first kappa shape index (κ1) is 15.3. The fraction of sp³-hybridized carbons (Fsp3) is 0.571. The molecule has 0 bridgehead atoms. The monoisotopic (exact) mass is 325 g/mol. The maximum absolute atomic E-state index is 12.4. The van der Waals surface area contributed by atoms with Gasteiger partial charge in [-0.2, -0.15) is 0 Å². The van der Waals surface area contributed by atoms with Gasteiger partial charge in [0.25, 0.3) is 0 Å². The molecule has 4 N–H and O–H groups in total. The van der Waals surface area contributed by atoms with E-state index in [1.165, 1.54) is 4.57 Å². The van der Waals surface area contributed by atoms with Crippen molar-refractivity contribution in [1.29, 1.82) is 0 Å². The lowest BCUT2D eigenvalue weighted by molar-refractivity contribution is -0.0222. The number of thiazole rings is 1. The Labute approximate surface area is 131 Å². The number of nitrogens with two attached hydrogens (primary N) is 1. The predicted molar refractivity (Wildman–Crippen MR) is 82.9 cm³/mol. The highest BCUT2D eigenvalue weighted by atomic mass is 32.1. The summed E-state index contributed by atoms with van der Waals surface area (Å²) in [7, 11) is 0. The molecule has 1 aromatic rings. The number of fused-ring (bicyclic) bond motifs is 1. The van der Waals surface area contributed by atoms with Gasteiger partial charge in [-0.3, -0.25) is 14.2 Å². The van der Waals surface area contributed by atoms with Crippen LogP contribution in [0.3, 0.4) is 0 Å². The topological polar surface area (TPSA) is 107 Å². The highest BCUT2D eigenvalue weighted by Crippen LogP contribution is 2.35. The molecule has 22 heavy (non-hydrogen) atoms. The highest BCUT2D eigenvalue weighted by molar-refractivity contribution is 7.12. The lowest BCUT2D eigenvalue weighted by atomic mass is 10.1. The number of aliphatic hydroxyl groups is 1. The average molecular weight is 325 g/mol. The minimum Gasteiger partial charge on any atom is -0.394 e. The lowest BCUT2D eigenvalue weighted by Crippen LogP contribution is -2.24. The van der Waals surface area contributed by atoms with Gasteiger partial charge >= 0.3 is 4.87 Å². The number of allylic oxidation sites excluding steroid dienone is 1. The minimum absolute atomic E-state index is 0.0774. The Kier molecular flexibility index (Phi) is 4.07. The molecule has 0 radical (unpaired) electrons. The number of anilines is 1. The van der Waals surface area contributed by atoms with Crippen LogP contribution < -0.4 is 15.9 Å². The molecule has 2 aliphatic rings. The van der Waals surface area contributed by atoms with Crippen LogP contribution in [0.4, 0.5) is 5.82 Å². The Morgan fingerprint density at radius 2 is 2.23 bits per heavy atom. The largest absolute Gasteiger partial charge is 0.394 e. The van der Waals surface area contributed by atoms with E-state index in [1.54, 1.807) is 0 Å². The summed E-state index contributed by atoms with van der Waals surface area (Å²) < 4.78 is 7.14. The molecule has 0 saturated carbocycles. The van der Waals surface area contributed by atoms with Gasteiger partial charge in [-0.25, -0.2) is 0 Å². The molecule has 0 amide bonds. The van der Waals surface area contributed by atoms with Crippen LogP contribution in [0.1, 0.15) is 48.5 Å². The number of ketones is 1. The first-order valence-corrected chi connectivity index (χ1v) is 8.16. The smallest absolute Gasteiger partial charge is 0.311 e. The van der Waals surface area contributed by atoms with Gasteiger partial charge in [0.1, 0.15) is 22.7 Å². The molecule has 3 rings (SSSR count). The van der Waals surface area contributed by atoms with Crippen LogP contribution in [0.25, 0.3) is 0 Å². The summed E-state index contributed by atoms with van der Waals surface area (Å²) in [6.07, 6.45) is 1.46. The van der Waals surface area contributed by atoms with Crippen molar-refractivity contribution in [2.24, 2.45) is 5.73 Å². The third kappa shape index (κ3) is 2.47. The maximum Gasteiger partial charge on any atom is 0.311 e. The van der Waals surface area contributed by atoms with Gasteiger partial charge in [0.2, 0.25) is 0 Å². The van der Waals surface area contributed by atoms with E-state index in [0.717, 1.165) is 16.9 Å². The van der Waals surface area contributed by atoms with Crippen LogP contribution in [-0.4, -0.2) is 28.2 Å². The van der Waals surface area contributed by atoms with E-state index < -0.39 is 6.23 Å². The maximum atomic E-state index is 12.4. The van der Waals surface area contributed by atoms with Crippen molar-refractivity contribution in [3.05, 3.63) is 25.9 Å². The molecule has 0 spiro atoms. The van der Waals surface area contributed by atoms with Crippen molar-refractivity contribution in [2.45, 2.75) is 44.9 Å². The van der Waals surface area contributed by atoms with Gasteiger partial charge in [0.05, 0.1) is 12.7 Å². The zero-order valence-corrected chi connectivity index (χ0v) is 13.1. The van der Waals surface area contributed by atoms with E-state index in [1.807, 2.05) is 6.92 Å². The molecule has 2 aliphatic heterocycles. The Morgan fingerprint density at radius 1 is 1.45 bits per heavy atom. The predicted octanol–water partition coefficient (Wildman–Crippen LogP) is 1.16. The number of carbonyl (C=O) groups is 1. The van der Waals surface area contributed by atoms with Crippen molar-refractivity contribution < 1.29 is 14.6 Å². The lowest BCUT2D eigenvalue weighted by Gasteiger charge is -2.17. The summed E-state index contributed by atoms with van der Waals surface area (Å²) in [6.45, 7) is 1.86. The van der Waals surface area contributed by atoms with Gasteiger partial charge in [-0.15, -0.1) is 0 Å². The van der Waals surface area contributed by atoms with Crippen molar-refractivity contribution in [2.75, 3.05) is 11.9 Å². The molecule has 8 heteroatoms. The van der Waals surface area contributed by atoms with E-state index in [0.29, 0.717) is 35.8 Å². The van der Waals surface area contributed by atoms with Crippen LogP contribution >= 0.6 is 11.3 Å². The number of rotatable bonds is 3. The summed E-state index contributed by atoms with van der Waals surface area (Å²) in [5, 5.41) is 12.2. The minimum atomic E-state index is -0.471.